The first-order valence-electron chi connectivity index (χ1n) is 4.45. The fraction of sp³-hybridized carbons (Fsp3) is 0.625. The van der Waals surface area contributed by atoms with E-state index in [-0.39, 0.29) is 11.8 Å². The summed E-state index contributed by atoms with van der Waals surface area (Å²) in [5.41, 5.74) is 0. The molecule has 14 heavy (non-hydrogen) atoms. The minimum atomic E-state index is -0.448. The molecule has 0 spiro atoms. The quantitative estimate of drug-likeness (QED) is 0.405. The van der Waals surface area contributed by atoms with E-state index in [9.17, 15) is 14.4 Å². The van der Waals surface area contributed by atoms with E-state index in [1.54, 1.807) is 0 Å². The van der Waals surface area contributed by atoms with Gasteiger partial charge in [0.15, 0.2) is 0 Å². The van der Waals surface area contributed by atoms with Gasteiger partial charge in [-0.05, 0) is 12.8 Å². The average molecular weight is 199 g/mol. The molecule has 0 aliphatic carbocycles. The smallest absolute Gasteiger partial charge is 0.322 e. The number of carbonyl (C=O) groups is 3. The number of imide groups is 1. The van der Waals surface area contributed by atoms with Gasteiger partial charge in [0.05, 0.1) is 0 Å². The summed E-state index contributed by atoms with van der Waals surface area (Å²) in [6.07, 6.45) is 1.20. The molecule has 0 saturated carbocycles. The van der Waals surface area contributed by atoms with Gasteiger partial charge in [0.2, 0.25) is 5.91 Å². The molecule has 4 amide bonds. The zero-order chi connectivity index (χ0) is 10.6. The second-order valence-electron chi connectivity index (χ2n) is 3.14. The molecule has 6 nitrogen and oxygen atoms in total. The van der Waals surface area contributed by atoms with Crippen molar-refractivity contribution in [2.45, 2.75) is 25.8 Å². The molecule has 3 N–H and O–H groups in total. The van der Waals surface area contributed by atoms with Crippen LogP contribution < -0.4 is 16.0 Å². The Morgan fingerprint density at radius 2 is 2.21 bits per heavy atom. The van der Waals surface area contributed by atoms with Crippen molar-refractivity contribution in [3.8, 4) is 0 Å². The fourth-order valence-electron chi connectivity index (χ4n) is 1.23. The molecule has 1 saturated heterocycles. The molecule has 1 aliphatic rings. The Labute approximate surface area is 81.4 Å². The molecular weight excluding hydrogens is 186 g/mol. The first kappa shape index (κ1) is 10.5. The highest BCUT2D eigenvalue weighted by Crippen LogP contribution is 2.01. The SMILES string of the molecule is CC(=O)NCCC[C@H]1NC(=O)NC1=O. The van der Waals surface area contributed by atoms with Crippen molar-refractivity contribution in [1.82, 2.24) is 16.0 Å². The first-order valence-corrected chi connectivity index (χ1v) is 4.45. The molecule has 0 aromatic carbocycles. The predicted octanol–water partition coefficient (Wildman–Crippen LogP) is -0.889. The molecule has 6 heteroatoms. The predicted molar refractivity (Wildman–Crippen MR) is 48.4 cm³/mol. The Hall–Kier alpha value is -1.59. The van der Waals surface area contributed by atoms with Crippen LogP contribution >= 0.6 is 0 Å². The van der Waals surface area contributed by atoms with Gasteiger partial charge in [-0.25, -0.2) is 4.79 Å². The van der Waals surface area contributed by atoms with E-state index in [0.717, 1.165) is 0 Å². The van der Waals surface area contributed by atoms with E-state index in [1.165, 1.54) is 6.92 Å². The number of rotatable bonds is 4. The highest BCUT2D eigenvalue weighted by molar-refractivity contribution is 6.04. The topological polar surface area (TPSA) is 87.3 Å². The number of hydrogen-bond acceptors (Lipinski definition) is 3. The summed E-state index contributed by atoms with van der Waals surface area (Å²) in [5.74, 6) is -0.386. The Morgan fingerprint density at radius 3 is 2.71 bits per heavy atom. The maximum atomic E-state index is 11.0. The molecule has 1 fully saturated rings. The van der Waals surface area contributed by atoms with Crippen molar-refractivity contribution < 1.29 is 14.4 Å². The van der Waals surface area contributed by atoms with Crippen LogP contribution in [0.15, 0.2) is 0 Å². The molecule has 0 radical (unpaired) electrons. The Balaban J connectivity index is 2.16. The number of hydrogen-bond donors (Lipinski definition) is 3. The third kappa shape index (κ3) is 3.04. The van der Waals surface area contributed by atoms with Crippen LogP contribution in [0, 0.1) is 0 Å². The van der Waals surface area contributed by atoms with E-state index in [0.29, 0.717) is 19.4 Å². The average Bonchev–Trinajstić information content (AvgIpc) is 2.39. The zero-order valence-electron chi connectivity index (χ0n) is 7.92. The molecule has 0 aromatic rings. The van der Waals surface area contributed by atoms with Crippen LogP contribution in [-0.2, 0) is 9.59 Å². The molecule has 1 aliphatic heterocycles. The van der Waals surface area contributed by atoms with Crippen LogP contribution in [0.3, 0.4) is 0 Å². The van der Waals surface area contributed by atoms with Crippen LogP contribution in [0.5, 0.6) is 0 Å². The molecular formula is C8H13N3O3. The van der Waals surface area contributed by atoms with Crippen LogP contribution in [0.1, 0.15) is 19.8 Å². The largest absolute Gasteiger partial charge is 0.356 e. The summed E-state index contributed by atoms with van der Waals surface area (Å²) >= 11 is 0. The van der Waals surface area contributed by atoms with Gasteiger partial charge >= 0.3 is 6.03 Å². The summed E-state index contributed by atoms with van der Waals surface area (Å²) in [4.78, 5) is 32.2. The van der Waals surface area contributed by atoms with Crippen LogP contribution in [0.4, 0.5) is 4.79 Å². The molecule has 1 heterocycles. The van der Waals surface area contributed by atoms with Crippen molar-refractivity contribution >= 4 is 17.8 Å². The summed E-state index contributed by atoms with van der Waals surface area (Å²) in [6.45, 7) is 1.96. The summed E-state index contributed by atoms with van der Waals surface area (Å²) < 4.78 is 0. The Bertz CT molecular complexity index is 265. The van der Waals surface area contributed by atoms with Crippen molar-refractivity contribution in [2.75, 3.05) is 6.54 Å². The maximum Gasteiger partial charge on any atom is 0.322 e. The zero-order valence-corrected chi connectivity index (χ0v) is 7.92. The van der Waals surface area contributed by atoms with Crippen molar-refractivity contribution in [3.05, 3.63) is 0 Å². The number of nitrogens with one attached hydrogen (secondary N) is 3. The van der Waals surface area contributed by atoms with Gasteiger partial charge in [-0.2, -0.15) is 0 Å². The second kappa shape index (κ2) is 4.59. The first-order chi connectivity index (χ1) is 6.59. The van der Waals surface area contributed by atoms with Gasteiger partial charge in [0.1, 0.15) is 6.04 Å². The third-order valence-corrected chi connectivity index (χ3v) is 1.90. The molecule has 1 rings (SSSR count). The molecule has 0 unspecified atom stereocenters. The highest BCUT2D eigenvalue weighted by Gasteiger charge is 2.28. The fourth-order valence-corrected chi connectivity index (χ4v) is 1.23. The summed E-state index contributed by atoms with van der Waals surface area (Å²) in [5, 5.41) is 7.23. The standard InChI is InChI=1S/C8H13N3O3/c1-5(12)9-4-2-3-6-7(13)11-8(14)10-6/h6H,2-4H2,1H3,(H,9,12)(H2,10,11,13,14)/t6-/m1/s1. The summed E-state index contributed by atoms with van der Waals surface area (Å²) in [6, 6.07) is -0.893. The van der Waals surface area contributed by atoms with Crippen molar-refractivity contribution in [2.24, 2.45) is 0 Å². The highest BCUT2D eigenvalue weighted by atomic mass is 16.2. The van der Waals surface area contributed by atoms with E-state index in [1.807, 2.05) is 0 Å². The third-order valence-electron chi connectivity index (χ3n) is 1.90. The molecule has 0 aromatic heterocycles. The lowest BCUT2D eigenvalue weighted by Crippen LogP contribution is -2.30. The van der Waals surface area contributed by atoms with Crippen molar-refractivity contribution in [1.29, 1.82) is 0 Å². The second-order valence-corrected chi connectivity index (χ2v) is 3.14. The Morgan fingerprint density at radius 1 is 1.50 bits per heavy atom. The van der Waals surface area contributed by atoms with Crippen LogP contribution in [0.2, 0.25) is 0 Å². The molecule has 1 atom stereocenters. The van der Waals surface area contributed by atoms with Gasteiger partial charge in [0.25, 0.3) is 5.91 Å². The lowest BCUT2D eigenvalue weighted by atomic mass is 10.1. The Kier molecular flexibility index (Phi) is 3.44. The van der Waals surface area contributed by atoms with Gasteiger partial charge in [-0.15, -0.1) is 0 Å². The van der Waals surface area contributed by atoms with E-state index in [2.05, 4.69) is 16.0 Å². The van der Waals surface area contributed by atoms with Crippen LogP contribution in [-0.4, -0.2) is 30.4 Å². The summed E-state index contributed by atoms with van der Waals surface area (Å²) in [7, 11) is 0. The number of amides is 4. The lowest BCUT2D eigenvalue weighted by Gasteiger charge is -2.06. The lowest BCUT2D eigenvalue weighted by molar-refractivity contribution is -0.120. The van der Waals surface area contributed by atoms with Crippen LogP contribution in [0.25, 0.3) is 0 Å². The van der Waals surface area contributed by atoms with E-state index in [4.69, 9.17) is 0 Å². The van der Waals surface area contributed by atoms with Crippen molar-refractivity contribution in [3.63, 3.8) is 0 Å². The number of carbonyl (C=O) groups excluding carboxylic acids is 3. The normalized spacial score (nSPS) is 20.2. The van der Waals surface area contributed by atoms with E-state index < -0.39 is 12.1 Å². The minimum Gasteiger partial charge on any atom is -0.356 e. The van der Waals surface area contributed by atoms with Gasteiger partial charge < -0.3 is 10.6 Å². The molecule has 0 bridgehead atoms. The maximum absolute atomic E-state index is 11.0. The van der Waals surface area contributed by atoms with Gasteiger partial charge in [-0.3, -0.25) is 14.9 Å². The van der Waals surface area contributed by atoms with Gasteiger partial charge in [-0.1, -0.05) is 0 Å². The van der Waals surface area contributed by atoms with Gasteiger partial charge in [0, 0.05) is 13.5 Å². The monoisotopic (exact) mass is 199 g/mol. The number of urea groups is 1. The van der Waals surface area contributed by atoms with E-state index >= 15 is 0 Å². The molecule has 78 valence electrons. The minimum absolute atomic E-state index is 0.0927.